The summed E-state index contributed by atoms with van der Waals surface area (Å²) >= 11 is 0. The van der Waals surface area contributed by atoms with Gasteiger partial charge in [-0.2, -0.15) is 13.2 Å². The predicted octanol–water partition coefficient (Wildman–Crippen LogP) is 6.99. The third-order valence-corrected chi connectivity index (χ3v) is 8.30. The summed E-state index contributed by atoms with van der Waals surface area (Å²) in [5, 5.41) is 12.3. The van der Waals surface area contributed by atoms with E-state index in [0.717, 1.165) is 34.0 Å². The van der Waals surface area contributed by atoms with E-state index in [9.17, 15) is 27.9 Å². The number of aliphatic carboxylic acids is 1. The van der Waals surface area contributed by atoms with Crippen molar-refractivity contribution in [3.05, 3.63) is 135 Å². The molecule has 1 N–H and O–H groups in total. The van der Waals surface area contributed by atoms with Crippen LogP contribution in [0.1, 0.15) is 33.9 Å². The van der Waals surface area contributed by atoms with Crippen molar-refractivity contribution in [1.29, 1.82) is 0 Å². The Kier molecular flexibility index (Phi) is 7.97. The molecule has 1 aromatic heterocycles. The van der Waals surface area contributed by atoms with Crippen molar-refractivity contribution < 1.29 is 23.1 Å². The summed E-state index contributed by atoms with van der Waals surface area (Å²) in [5.74, 6) is -0.866. The SMILES string of the molecule is CN(C)Cc1c(Cc2cccc3ccccc23)c(-c2cccc(C(F)(F)F)c2)c2n(c1=O)C(C(=O)O)CN2Cc1ccccc1. The molecule has 0 fully saturated rings. The number of rotatable bonds is 8. The van der Waals surface area contributed by atoms with Crippen LogP contribution in [0.25, 0.3) is 21.9 Å². The van der Waals surface area contributed by atoms with Crippen LogP contribution in [0, 0.1) is 0 Å². The molecular weight excluding hydrogens is 579 g/mol. The maximum Gasteiger partial charge on any atom is 0.416 e. The van der Waals surface area contributed by atoms with E-state index in [-0.39, 0.29) is 31.6 Å². The Balaban J connectivity index is 1.71. The van der Waals surface area contributed by atoms with Crippen LogP contribution in [-0.4, -0.2) is 41.2 Å². The lowest BCUT2D eigenvalue weighted by atomic mass is 9.89. The lowest BCUT2D eigenvalue weighted by molar-refractivity contribution is -0.140. The molecule has 0 aliphatic carbocycles. The van der Waals surface area contributed by atoms with Gasteiger partial charge in [-0.15, -0.1) is 0 Å². The number of anilines is 1. The molecule has 1 aliphatic rings. The van der Waals surface area contributed by atoms with Crippen LogP contribution in [0.3, 0.4) is 0 Å². The Morgan fingerprint density at radius 1 is 0.911 bits per heavy atom. The van der Waals surface area contributed by atoms with Gasteiger partial charge in [-0.05, 0) is 65.7 Å². The second-order valence-electron chi connectivity index (χ2n) is 11.7. The van der Waals surface area contributed by atoms with Crippen LogP contribution in [0.2, 0.25) is 0 Å². The second-order valence-corrected chi connectivity index (χ2v) is 11.7. The highest BCUT2D eigenvalue weighted by atomic mass is 19.4. The van der Waals surface area contributed by atoms with E-state index >= 15 is 0 Å². The van der Waals surface area contributed by atoms with Crippen molar-refractivity contribution in [2.45, 2.75) is 31.7 Å². The molecule has 0 saturated carbocycles. The lowest BCUT2D eigenvalue weighted by Gasteiger charge is -2.27. The van der Waals surface area contributed by atoms with Gasteiger partial charge in [0.05, 0.1) is 12.1 Å². The van der Waals surface area contributed by atoms with Gasteiger partial charge in [-0.3, -0.25) is 9.36 Å². The number of halogens is 3. The zero-order valence-electron chi connectivity index (χ0n) is 24.9. The Hall–Kier alpha value is -4.89. The van der Waals surface area contributed by atoms with Crippen molar-refractivity contribution in [1.82, 2.24) is 9.47 Å². The van der Waals surface area contributed by atoms with Crippen molar-refractivity contribution in [3.63, 3.8) is 0 Å². The van der Waals surface area contributed by atoms with Crippen LogP contribution in [-0.2, 0) is 30.5 Å². The van der Waals surface area contributed by atoms with Crippen molar-refractivity contribution >= 4 is 22.6 Å². The van der Waals surface area contributed by atoms with E-state index in [1.807, 2.05) is 82.6 Å². The van der Waals surface area contributed by atoms with Gasteiger partial charge in [0.15, 0.2) is 6.04 Å². The van der Waals surface area contributed by atoms with Crippen LogP contribution in [0.5, 0.6) is 0 Å². The zero-order valence-corrected chi connectivity index (χ0v) is 24.9. The fourth-order valence-corrected chi connectivity index (χ4v) is 6.35. The maximum absolute atomic E-state index is 14.5. The third kappa shape index (κ3) is 5.83. The number of carboxylic acids is 1. The zero-order chi connectivity index (χ0) is 31.9. The first-order valence-corrected chi connectivity index (χ1v) is 14.6. The van der Waals surface area contributed by atoms with Crippen molar-refractivity contribution in [2.75, 3.05) is 25.5 Å². The molecule has 45 heavy (non-hydrogen) atoms. The molecule has 5 aromatic rings. The minimum Gasteiger partial charge on any atom is -0.480 e. The van der Waals surface area contributed by atoms with Gasteiger partial charge in [-0.1, -0.05) is 84.9 Å². The van der Waals surface area contributed by atoms with E-state index in [2.05, 4.69) is 0 Å². The number of fused-ring (bicyclic) bond motifs is 2. The van der Waals surface area contributed by atoms with Crippen molar-refractivity contribution in [2.24, 2.45) is 0 Å². The van der Waals surface area contributed by atoms with Gasteiger partial charge in [0.25, 0.3) is 5.56 Å². The average molecular weight is 612 g/mol. The van der Waals surface area contributed by atoms with Crippen molar-refractivity contribution in [3.8, 4) is 11.1 Å². The number of pyridine rings is 1. The van der Waals surface area contributed by atoms with E-state index in [1.165, 1.54) is 10.6 Å². The Labute approximate surface area is 258 Å². The van der Waals surface area contributed by atoms with Crippen LogP contribution >= 0.6 is 0 Å². The van der Waals surface area contributed by atoms with Crippen LogP contribution in [0.4, 0.5) is 19.0 Å². The largest absolute Gasteiger partial charge is 0.480 e. The van der Waals surface area contributed by atoms with Gasteiger partial charge in [0.2, 0.25) is 0 Å². The molecule has 1 unspecified atom stereocenters. The number of nitrogens with zero attached hydrogens (tertiary/aromatic N) is 3. The summed E-state index contributed by atoms with van der Waals surface area (Å²) in [5.41, 5.74) is 2.17. The summed E-state index contributed by atoms with van der Waals surface area (Å²) in [4.78, 5) is 30.8. The molecule has 0 amide bonds. The summed E-state index contributed by atoms with van der Waals surface area (Å²) in [6.07, 6.45) is -4.34. The monoisotopic (exact) mass is 611 g/mol. The van der Waals surface area contributed by atoms with E-state index in [1.54, 1.807) is 20.2 Å². The number of carbonyl (C=O) groups is 1. The normalized spacial score (nSPS) is 14.7. The molecule has 1 aliphatic heterocycles. The second kappa shape index (κ2) is 11.9. The van der Waals surface area contributed by atoms with Gasteiger partial charge in [0, 0.05) is 24.2 Å². The molecule has 0 saturated heterocycles. The van der Waals surface area contributed by atoms with E-state index < -0.39 is 29.3 Å². The minimum absolute atomic E-state index is 0.00937. The van der Waals surface area contributed by atoms with Gasteiger partial charge in [0.1, 0.15) is 5.82 Å². The molecule has 0 spiro atoms. The third-order valence-electron chi connectivity index (χ3n) is 8.30. The maximum atomic E-state index is 14.5. The highest BCUT2D eigenvalue weighted by Crippen LogP contribution is 2.44. The number of hydrogen-bond acceptors (Lipinski definition) is 4. The number of hydrogen-bond donors (Lipinski definition) is 1. The van der Waals surface area contributed by atoms with Gasteiger partial charge < -0.3 is 14.9 Å². The van der Waals surface area contributed by atoms with Crippen LogP contribution in [0.15, 0.2) is 102 Å². The first kappa shape index (κ1) is 30.1. The van der Waals surface area contributed by atoms with E-state index in [4.69, 9.17) is 0 Å². The molecule has 0 bridgehead atoms. The Bertz CT molecular complexity index is 1950. The molecule has 230 valence electrons. The fraction of sp³-hybridized carbons (Fsp3) is 0.222. The number of aromatic nitrogens is 1. The summed E-state index contributed by atoms with van der Waals surface area (Å²) in [6, 6.07) is 27.0. The average Bonchev–Trinajstić information content (AvgIpc) is 3.38. The predicted molar refractivity (Wildman–Crippen MR) is 169 cm³/mol. The molecule has 6 nitrogen and oxygen atoms in total. The standard InChI is InChI=1S/C36H32F3N3O3/c1-40(2)21-30-29(19-25-14-8-13-24-12-6-7-17-28(24)25)32(26-15-9-16-27(18-26)36(37,38)39)33-41(20-23-10-4-3-5-11-23)22-31(35(44)45)42(33)34(30)43/h3-18,31H,19-22H2,1-2H3,(H,44,45). The topological polar surface area (TPSA) is 65.8 Å². The number of benzene rings is 4. The minimum atomic E-state index is -4.60. The summed E-state index contributed by atoms with van der Waals surface area (Å²) < 4.78 is 43.5. The van der Waals surface area contributed by atoms with Crippen LogP contribution < -0.4 is 10.5 Å². The smallest absolute Gasteiger partial charge is 0.416 e. The summed E-state index contributed by atoms with van der Waals surface area (Å²) in [6.45, 7) is 0.442. The molecule has 4 aromatic carbocycles. The fourth-order valence-electron chi connectivity index (χ4n) is 6.35. The van der Waals surface area contributed by atoms with Gasteiger partial charge in [-0.25, -0.2) is 4.79 Å². The number of alkyl halides is 3. The first-order valence-electron chi connectivity index (χ1n) is 14.6. The lowest BCUT2D eigenvalue weighted by Crippen LogP contribution is -2.33. The first-order chi connectivity index (χ1) is 21.5. The molecule has 9 heteroatoms. The number of carboxylic acid groups (broad SMARTS) is 1. The highest BCUT2D eigenvalue weighted by molar-refractivity contribution is 5.88. The molecule has 0 radical (unpaired) electrons. The highest BCUT2D eigenvalue weighted by Gasteiger charge is 2.40. The Morgan fingerprint density at radius 2 is 1.60 bits per heavy atom. The molecule has 1 atom stereocenters. The van der Waals surface area contributed by atoms with E-state index in [0.29, 0.717) is 22.5 Å². The summed E-state index contributed by atoms with van der Waals surface area (Å²) in [7, 11) is 3.61. The Morgan fingerprint density at radius 3 is 2.31 bits per heavy atom. The molecule has 6 rings (SSSR count). The molecular formula is C36H32F3N3O3. The quantitative estimate of drug-likeness (QED) is 0.205. The molecule has 2 heterocycles. The van der Waals surface area contributed by atoms with Gasteiger partial charge >= 0.3 is 12.1 Å².